The number of nitrogens with one attached hydrogen (secondary N) is 1. The van der Waals surface area contributed by atoms with Crippen molar-refractivity contribution in [1.29, 1.82) is 0 Å². The fraction of sp³-hybridized carbons (Fsp3) is 0.643. The lowest BCUT2D eigenvalue weighted by Crippen LogP contribution is -2.51. The fourth-order valence-corrected chi connectivity index (χ4v) is 2.55. The van der Waals surface area contributed by atoms with Crippen LogP contribution in [-0.2, 0) is 6.54 Å². The summed E-state index contributed by atoms with van der Waals surface area (Å²) in [6, 6.07) is 4.66. The van der Waals surface area contributed by atoms with Gasteiger partial charge in [0.1, 0.15) is 5.82 Å². The van der Waals surface area contributed by atoms with Crippen LogP contribution in [0.2, 0.25) is 0 Å². The van der Waals surface area contributed by atoms with Crippen LogP contribution in [0.15, 0.2) is 18.3 Å². The van der Waals surface area contributed by atoms with Crippen LogP contribution in [0.1, 0.15) is 12.5 Å². The molecule has 0 amide bonds. The Bertz CT molecular complexity index is 382. The zero-order chi connectivity index (χ0) is 13.7. The summed E-state index contributed by atoms with van der Waals surface area (Å²) >= 11 is 0. The number of aromatic nitrogens is 1. The van der Waals surface area contributed by atoms with E-state index in [1.54, 1.807) is 0 Å². The van der Waals surface area contributed by atoms with E-state index in [-0.39, 0.29) is 6.61 Å². The molecule has 1 saturated heterocycles. The Kier molecular flexibility index (Phi) is 5.13. The molecule has 0 saturated carbocycles. The molecule has 1 fully saturated rings. The van der Waals surface area contributed by atoms with Crippen molar-refractivity contribution in [2.45, 2.75) is 19.5 Å². The second kappa shape index (κ2) is 6.84. The van der Waals surface area contributed by atoms with Gasteiger partial charge in [0.05, 0.1) is 6.61 Å². The van der Waals surface area contributed by atoms with Gasteiger partial charge in [-0.1, -0.05) is 6.07 Å². The zero-order valence-corrected chi connectivity index (χ0v) is 11.8. The molecule has 0 aliphatic carbocycles. The second-order valence-electron chi connectivity index (χ2n) is 5.15. The summed E-state index contributed by atoms with van der Waals surface area (Å²) < 4.78 is 0. The molecule has 0 bridgehead atoms. The smallest absolute Gasteiger partial charge is 0.125 e. The Morgan fingerprint density at radius 1 is 1.42 bits per heavy atom. The number of hydrogen-bond donors (Lipinski definition) is 2. The molecule has 2 rings (SSSR count). The van der Waals surface area contributed by atoms with Crippen LogP contribution in [0.25, 0.3) is 0 Å². The Labute approximate surface area is 115 Å². The van der Waals surface area contributed by atoms with Gasteiger partial charge in [0.15, 0.2) is 0 Å². The van der Waals surface area contributed by atoms with Gasteiger partial charge in [-0.15, -0.1) is 0 Å². The predicted molar refractivity (Wildman–Crippen MR) is 77.2 cm³/mol. The van der Waals surface area contributed by atoms with E-state index in [4.69, 9.17) is 5.11 Å². The van der Waals surface area contributed by atoms with E-state index < -0.39 is 0 Å². The van der Waals surface area contributed by atoms with E-state index in [1.807, 2.05) is 19.3 Å². The summed E-state index contributed by atoms with van der Waals surface area (Å²) in [4.78, 5) is 9.15. The largest absolute Gasteiger partial charge is 0.395 e. The zero-order valence-electron chi connectivity index (χ0n) is 11.8. The topological polar surface area (TPSA) is 51.6 Å². The van der Waals surface area contributed by atoms with Crippen molar-refractivity contribution >= 4 is 5.82 Å². The molecule has 19 heavy (non-hydrogen) atoms. The normalized spacial score (nSPS) is 21.5. The first kappa shape index (κ1) is 14.2. The molecule has 1 aliphatic rings. The molecular formula is C14H24N4O. The van der Waals surface area contributed by atoms with Crippen molar-refractivity contribution in [3.63, 3.8) is 0 Å². The molecule has 0 unspecified atom stereocenters. The summed E-state index contributed by atoms with van der Waals surface area (Å²) in [5.74, 6) is 0.907. The number of pyridine rings is 1. The first-order valence-electron chi connectivity index (χ1n) is 6.93. The number of nitrogens with zero attached hydrogens (tertiary/aromatic N) is 3. The van der Waals surface area contributed by atoms with Crippen LogP contribution in [0.3, 0.4) is 0 Å². The summed E-state index contributed by atoms with van der Waals surface area (Å²) in [7, 11) is 1.88. The van der Waals surface area contributed by atoms with Crippen LogP contribution < -0.4 is 5.32 Å². The molecular weight excluding hydrogens is 240 g/mol. The maximum atomic E-state index is 8.99. The maximum Gasteiger partial charge on any atom is 0.125 e. The summed E-state index contributed by atoms with van der Waals surface area (Å²) in [6.45, 7) is 7.35. The minimum atomic E-state index is 0.252. The minimum Gasteiger partial charge on any atom is -0.395 e. The van der Waals surface area contributed by atoms with Crippen molar-refractivity contribution < 1.29 is 5.11 Å². The quantitative estimate of drug-likeness (QED) is 0.816. The van der Waals surface area contributed by atoms with Gasteiger partial charge in [0.2, 0.25) is 0 Å². The minimum absolute atomic E-state index is 0.252. The number of piperazine rings is 1. The molecule has 5 heteroatoms. The van der Waals surface area contributed by atoms with Gasteiger partial charge in [0, 0.05) is 52.0 Å². The first-order chi connectivity index (χ1) is 9.22. The van der Waals surface area contributed by atoms with Gasteiger partial charge >= 0.3 is 0 Å². The Balaban J connectivity index is 1.88. The average Bonchev–Trinajstić information content (AvgIpc) is 2.43. The number of aliphatic hydroxyl groups excluding tert-OH is 1. The molecule has 0 spiro atoms. The fourth-order valence-electron chi connectivity index (χ4n) is 2.55. The molecule has 0 radical (unpaired) electrons. The number of aliphatic hydroxyl groups is 1. The molecule has 5 nitrogen and oxygen atoms in total. The molecule has 2 N–H and O–H groups in total. The summed E-state index contributed by atoms with van der Waals surface area (Å²) in [5, 5.41) is 12.0. The van der Waals surface area contributed by atoms with E-state index >= 15 is 0 Å². The van der Waals surface area contributed by atoms with Crippen molar-refractivity contribution in [3.8, 4) is 0 Å². The molecule has 106 valence electrons. The monoisotopic (exact) mass is 264 g/mol. The maximum absolute atomic E-state index is 8.99. The van der Waals surface area contributed by atoms with Crippen LogP contribution >= 0.6 is 0 Å². The van der Waals surface area contributed by atoms with Crippen LogP contribution in [0, 0.1) is 0 Å². The lowest BCUT2D eigenvalue weighted by atomic mass is 10.1. The van der Waals surface area contributed by atoms with Crippen molar-refractivity contribution in [1.82, 2.24) is 14.8 Å². The Hall–Kier alpha value is -1.17. The number of anilines is 1. The van der Waals surface area contributed by atoms with Crippen molar-refractivity contribution in [2.24, 2.45) is 0 Å². The van der Waals surface area contributed by atoms with Gasteiger partial charge in [-0.25, -0.2) is 4.98 Å². The number of rotatable bonds is 5. The number of β-amino-alcohol motifs (C(OH)–C–C–N with tert-alkyl or cyclic N) is 1. The lowest BCUT2D eigenvalue weighted by molar-refractivity contribution is 0.0664. The van der Waals surface area contributed by atoms with Crippen LogP contribution in [-0.4, -0.2) is 65.8 Å². The van der Waals surface area contributed by atoms with Crippen LogP contribution in [0.4, 0.5) is 5.82 Å². The van der Waals surface area contributed by atoms with E-state index in [0.717, 1.165) is 38.5 Å². The summed E-state index contributed by atoms with van der Waals surface area (Å²) in [6.07, 6.45) is 1.94. The average molecular weight is 264 g/mol. The van der Waals surface area contributed by atoms with Gasteiger partial charge in [-0.2, -0.15) is 0 Å². The molecule has 1 atom stereocenters. The second-order valence-corrected chi connectivity index (χ2v) is 5.15. The van der Waals surface area contributed by atoms with Gasteiger partial charge in [0.25, 0.3) is 0 Å². The third-order valence-electron chi connectivity index (χ3n) is 3.73. The van der Waals surface area contributed by atoms with E-state index in [0.29, 0.717) is 6.04 Å². The highest BCUT2D eigenvalue weighted by molar-refractivity contribution is 5.34. The van der Waals surface area contributed by atoms with E-state index in [9.17, 15) is 0 Å². The summed E-state index contributed by atoms with van der Waals surface area (Å²) in [5.41, 5.74) is 1.25. The highest BCUT2D eigenvalue weighted by Gasteiger charge is 2.23. The Morgan fingerprint density at radius 3 is 2.84 bits per heavy atom. The van der Waals surface area contributed by atoms with E-state index in [1.165, 1.54) is 5.56 Å². The van der Waals surface area contributed by atoms with Gasteiger partial charge in [-0.05, 0) is 18.6 Å². The predicted octanol–water partition coefficient (Wildman–Crippen LogP) is 0.622. The molecule has 0 aromatic carbocycles. The van der Waals surface area contributed by atoms with Crippen LogP contribution in [0.5, 0.6) is 0 Å². The first-order valence-corrected chi connectivity index (χ1v) is 6.93. The highest BCUT2D eigenvalue weighted by atomic mass is 16.3. The third kappa shape index (κ3) is 3.89. The standard InChI is InChI=1S/C14H24N4O/c1-12-10-17(7-8-19)5-6-18(12)11-13-3-4-14(15-2)16-9-13/h3-4,9,12,19H,5-8,10-11H2,1-2H3,(H,15,16)/t12-/m1/s1. The Morgan fingerprint density at radius 2 is 2.26 bits per heavy atom. The highest BCUT2D eigenvalue weighted by Crippen LogP contribution is 2.14. The SMILES string of the molecule is CNc1ccc(CN2CCN(CCO)C[C@H]2C)cn1. The van der Waals surface area contributed by atoms with Crippen molar-refractivity contribution in [2.75, 3.05) is 45.2 Å². The molecule has 1 aliphatic heterocycles. The van der Waals surface area contributed by atoms with Gasteiger partial charge in [-0.3, -0.25) is 9.80 Å². The van der Waals surface area contributed by atoms with Gasteiger partial charge < -0.3 is 10.4 Å². The molecule has 1 aromatic heterocycles. The third-order valence-corrected chi connectivity index (χ3v) is 3.73. The number of hydrogen-bond acceptors (Lipinski definition) is 5. The van der Waals surface area contributed by atoms with Crippen molar-refractivity contribution in [3.05, 3.63) is 23.9 Å². The molecule has 1 aromatic rings. The lowest BCUT2D eigenvalue weighted by Gasteiger charge is -2.39. The molecule has 2 heterocycles. The van der Waals surface area contributed by atoms with E-state index in [2.05, 4.69) is 33.1 Å².